The maximum Gasteiger partial charge on any atom is 0.328 e. The predicted molar refractivity (Wildman–Crippen MR) is 84.6 cm³/mol. The second kappa shape index (κ2) is 6.20. The molecule has 0 amide bonds. The fraction of sp³-hybridized carbons (Fsp3) is 0.118. The molecule has 1 aliphatic carbocycles. The molecule has 114 valence electrons. The molecule has 2 aromatic rings. The average molecular weight is 307 g/mol. The number of allylic oxidation sites excluding steroid dienone is 6. The van der Waals surface area contributed by atoms with E-state index in [2.05, 4.69) is 11.1 Å². The number of nitrogens with one attached hydrogen (secondary N) is 1. The molecular weight excluding hydrogens is 294 g/mol. The average Bonchev–Trinajstić information content (AvgIpc) is 2.97. The first-order valence-corrected chi connectivity index (χ1v) is 7.02. The molecule has 1 aliphatic rings. The minimum Gasteiger partial charge on any atom is -0.464 e. The summed E-state index contributed by atoms with van der Waals surface area (Å²) in [6, 6.07) is 5.42. The second-order valence-electron chi connectivity index (χ2n) is 5.03. The third-order valence-electron chi connectivity index (χ3n) is 3.47. The Morgan fingerprint density at radius 1 is 1.30 bits per heavy atom. The highest BCUT2D eigenvalue weighted by Gasteiger charge is 2.10. The Bertz CT molecular complexity index is 964. The third-order valence-corrected chi connectivity index (χ3v) is 3.47. The zero-order valence-corrected chi connectivity index (χ0v) is 12.2. The van der Waals surface area contributed by atoms with E-state index in [-0.39, 0.29) is 0 Å². The van der Waals surface area contributed by atoms with E-state index in [1.165, 1.54) is 17.0 Å². The Labute approximate surface area is 131 Å². The summed E-state index contributed by atoms with van der Waals surface area (Å²) in [5.74, 6) is 0.402. The van der Waals surface area contributed by atoms with Crippen LogP contribution in [0, 0.1) is 11.3 Å². The second-order valence-corrected chi connectivity index (χ2v) is 5.03. The Balaban J connectivity index is 1.94. The molecule has 0 saturated heterocycles. The normalized spacial score (nSPS) is 13.9. The first-order valence-electron chi connectivity index (χ1n) is 7.02. The van der Waals surface area contributed by atoms with Gasteiger partial charge in [0.25, 0.3) is 5.56 Å². The highest BCUT2D eigenvalue weighted by molar-refractivity contribution is 5.54. The number of hydrogen-bond acceptors (Lipinski definition) is 4. The van der Waals surface area contributed by atoms with Crippen molar-refractivity contribution in [3.63, 3.8) is 0 Å². The summed E-state index contributed by atoms with van der Waals surface area (Å²) < 4.78 is 6.64. The van der Waals surface area contributed by atoms with Gasteiger partial charge in [0.05, 0.1) is 24.4 Å². The van der Waals surface area contributed by atoms with Gasteiger partial charge in [0.15, 0.2) is 0 Å². The Morgan fingerprint density at radius 2 is 2.17 bits per heavy atom. The van der Waals surface area contributed by atoms with Gasteiger partial charge in [-0.25, -0.2) is 4.79 Å². The summed E-state index contributed by atoms with van der Waals surface area (Å²) >= 11 is 0. The SMILES string of the molecule is N#CC1=CCC=C(Cn2cc(-c3ccco3)c(=O)[nH]c2=O)C=C1. The van der Waals surface area contributed by atoms with Gasteiger partial charge >= 0.3 is 5.69 Å². The number of furan rings is 1. The van der Waals surface area contributed by atoms with Crippen molar-refractivity contribution in [3.05, 3.63) is 80.9 Å². The van der Waals surface area contributed by atoms with Crippen LogP contribution in [0.4, 0.5) is 0 Å². The molecule has 3 rings (SSSR count). The van der Waals surface area contributed by atoms with E-state index in [0.717, 1.165) is 5.57 Å². The molecule has 6 nitrogen and oxygen atoms in total. The largest absolute Gasteiger partial charge is 0.464 e. The summed E-state index contributed by atoms with van der Waals surface area (Å²) in [5, 5.41) is 8.91. The lowest BCUT2D eigenvalue weighted by molar-refractivity contribution is 0.579. The predicted octanol–water partition coefficient (Wildman–Crippen LogP) is 2.13. The zero-order valence-electron chi connectivity index (χ0n) is 12.2. The standard InChI is InChI=1S/C17H13N3O3/c18-9-12-3-1-4-13(7-6-12)10-20-11-14(15-5-2-8-23-15)16(21)19-17(20)22/h2-8,11H,1,10H2,(H,19,21,22). The van der Waals surface area contributed by atoms with Crippen LogP contribution >= 0.6 is 0 Å². The van der Waals surface area contributed by atoms with Gasteiger partial charge in [-0.05, 0) is 30.2 Å². The molecule has 6 heteroatoms. The lowest BCUT2D eigenvalue weighted by Gasteiger charge is -2.07. The molecular formula is C17H13N3O3. The summed E-state index contributed by atoms with van der Waals surface area (Å²) in [6.45, 7) is 0.298. The van der Waals surface area contributed by atoms with Crippen LogP contribution in [0.2, 0.25) is 0 Å². The molecule has 1 N–H and O–H groups in total. The lowest BCUT2D eigenvalue weighted by atomic mass is 10.2. The quantitative estimate of drug-likeness (QED) is 0.940. The monoisotopic (exact) mass is 307 g/mol. The molecule has 2 heterocycles. The minimum atomic E-state index is -0.489. The van der Waals surface area contributed by atoms with Gasteiger partial charge in [0, 0.05) is 11.8 Å². The summed E-state index contributed by atoms with van der Waals surface area (Å²) in [4.78, 5) is 26.2. The fourth-order valence-corrected chi connectivity index (χ4v) is 2.30. The van der Waals surface area contributed by atoms with Gasteiger partial charge in [-0.2, -0.15) is 5.26 Å². The van der Waals surface area contributed by atoms with Crippen LogP contribution in [0.5, 0.6) is 0 Å². The van der Waals surface area contributed by atoms with E-state index < -0.39 is 11.2 Å². The highest BCUT2D eigenvalue weighted by Crippen LogP contribution is 2.15. The first kappa shape index (κ1) is 14.6. The maximum absolute atomic E-state index is 12.0. The van der Waals surface area contributed by atoms with Crippen LogP contribution in [-0.4, -0.2) is 9.55 Å². The van der Waals surface area contributed by atoms with E-state index in [9.17, 15) is 9.59 Å². The Kier molecular flexibility index (Phi) is 3.93. The van der Waals surface area contributed by atoms with Crippen LogP contribution in [0.25, 0.3) is 11.3 Å². The van der Waals surface area contributed by atoms with E-state index in [1.807, 2.05) is 12.2 Å². The van der Waals surface area contributed by atoms with Crippen molar-refractivity contribution in [2.24, 2.45) is 0 Å². The van der Waals surface area contributed by atoms with Crippen molar-refractivity contribution in [1.82, 2.24) is 9.55 Å². The van der Waals surface area contributed by atoms with Crippen LogP contribution in [-0.2, 0) is 6.54 Å². The van der Waals surface area contributed by atoms with Crippen molar-refractivity contribution in [3.8, 4) is 17.4 Å². The van der Waals surface area contributed by atoms with Crippen LogP contribution < -0.4 is 11.2 Å². The van der Waals surface area contributed by atoms with Crippen LogP contribution in [0.3, 0.4) is 0 Å². The molecule has 0 unspecified atom stereocenters. The molecule has 23 heavy (non-hydrogen) atoms. The van der Waals surface area contributed by atoms with Gasteiger partial charge < -0.3 is 4.42 Å². The van der Waals surface area contributed by atoms with Crippen molar-refractivity contribution in [2.75, 3.05) is 0 Å². The number of aromatic nitrogens is 2. The molecule has 0 fully saturated rings. The number of nitrogens with zero attached hydrogens (tertiary/aromatic N) is 2. The molecule has 2 aromatic heterocycles. The molecule has 0 aromatic carbocycles. The molecule has 0 spiro atoms. The number of hydrogen-bond donors (Lipinski definition) is 1. The smallest absolute Gasteiger partial charge is 0.328 e. The molecule has 0 atom stereocenters. The fourth-order valence-electron chi connectivity index (χ4n) is 2.30. The summed E-state index contributed by atoms with van der Waals surface area (Å²) in [6.07, 6.45) is 10.8. The molecule has 0 radical (unpaired) electrons. The number of H-pyrrole nitrogens is 1. The van der Waals surface area contributed by atoms with Gasteiger partial charge in [-0.15, -0.1) is 0 Å². The van der Waals surface area contributed by atoms with Crippen LogP contribution in [0.15, 0.2) is 74.0 Å². The Hall–Kier alpha value is -3.33. The number of rotatable bonds is 3. The van der Waals surface area contributed by atoms with Gasteiger partial charge in [0.1, 0.15) is 5.76 Å². The van der Waals surface area contributed by atoms with Crippen LogP contribution in [0.1, 0.15) is 6.42 Å². The van der Waals surface area contributed by atoms with Crippen molar-refractivity contribution in [2.45, 2.75) is 13.0 Å². The molecule has 0 saturated carbocycles. The van der Waals surface area contributed by atoms with Gasteiger partial charge in [-0.1, -0.05) is 18.2 Å². The van der Waals surface area contributed by atoms with E-state index in [4.69, 9.17) is 9.68 Å². The molecule has 0 bridgehead atoms. The molecule has 0 aliphatic heterocycles. The number of aromatic amines is 1. The minimum absolute atomic E-state index is 0.295. The van der Waals surface area contributed by atoms with E-state index in [0.29, 0.717) is 29.9 Å². The third kappa shape index (κ3) is 3.14. The van der Waals surface area contributed by atoms with Crippen molar-refractivity contribution in [1.29, 1.82) is 5.26 Å². The Morgan fingerprint density at radius 3 is 2.91 bits per heavy atom. The van der Waals surface area contributed by atoms with E-state index in [1.54, 1.807) is 24.3 Å². The number of nitriles is 1. The van der Waals surface area contributed by atoms with E-state index >= 15 is 0 Å². The van der Waals surface area contributed by atoms with Gasteiger partial charge in [0.2, 0.25) is 0 Å². The van der Waals surface area contributed by atoms with Gasteiger partial charge in [-0.3, -0.25) is 14.3 Å². The maximum atomic E-state index is 12.0. The van der Waals surface area contributed by atoms with Crippen molar-refractivity contribution < 1.29 is 4.42 Å². The summed E-state index contributed by atoms with van der Waals surface area (Å²) in [7, 11) is 0. The first-order chi connectivity index (χ1) is 11.2. The zero-order chi connectivity index (χ0) is 16.2. The summed E-state index contributed by atoms with van der Waals surface area (Å²) in [5.41, 5.74) is 0.786. The van der Waals surface area contributed by atoms with Crippen molar-refractivity contribution >= 4 is 0 Å². The lowest BCUT2D eigenvalue weighted by Crippen LogP contribution is -2.30. The topological polar surface area (TPSA) is 91.8 Å². The highest BCUT2D eigenvalue weighted by atomic mass is 16.3.